The molecule has 0 fully saturated rings. The molecular formula is C22H17NO4. The zero-order valence-corrected chi connectivity index (χ0v) is 14.9. The lowest BCUT2D eigenvalue weighted by Crippen LogP contribution is -2.05. The summed E-state index contributed by atoms with van der Waals surface area (Å²) in [6.07, 6.45) is 1.65. The first-order valence-corrected chi connectivity index (χ1v) is 8.42. The van der Waals surface area contributed by atoms with Gasteiger partial charge in [0.2, 0.25) is 5.90 Å². The van der Waals surface area contributed by atoms with E-state index in [1.54, 1.807) is 32.4 Å². The van der Waals surface area contributed by atoms with Crippen LogP contribution in [0.25, 0.3) is 16.8 Å². The summed E-state index contributed by atoms with van der Waals surface area (Å²) in [5, 5.41) is 2.04. The molecule has 27 heavy (non-hydrogen) atoms. The number of carbonyl (C=O) groups excluding carboxylic acids is 1. The van der Waals surface area contributed by atoms with Gasteiger partial charge in [0.15, 0.2) is 5.70 Å². The van der Waals surface area contributed by atoms with E-state index in [4.69, 9.17) is 14.2 Å². The Morgan fingerprint density at radius 1 is 0.963 bits per heavy atom. The Morgan fingerprint density at radius 2 is 1.78 bits per heavy atom. The highest BCUT2D eigenvalue weighted by atomic mass is 16.6. The smallest absolute Gasteiger partial charge is 0.363 e. The number of carbonyl (C=O) groups is 1. The summed E-state index contributed by atoms with van der Waals surface area (Å²) in [5.74, 6) is 1.07. The fourth-order valence-corrected chi connectivity index (χ4v) is 3.02. The lowest BCUT2D eigenvalue weighted by molar-refractivity contribution is -0.129. The van der Waals surface area contributed by atoms with Crippen molar-refractivity contribution in [3.8, 4) is 11.5 Å². The number of cyclic esters (lactones) is 1. The Balaban J connectivity index is 1.76. The van der Waals surface area contributed by atoms with Crippen molar-refractivity contribution in [3.05, 3.63) is 77.5 Å². The van der Waals surface area contributed by atoms with Gasteiger partial charge in [-0.2, -0.15) is 0 Å². The molecule has 5 heteroatoms. The number of ether oxygens (including phenoxy) is 3. The minimum absolute atomic E-state index is 0.224. The largest absolute Gasteiger partial charge is 0.497 e. The second-order valence-corrected chi connectivity index (χ2v) is 5.97. The molecule has 134 valence electrons. The van der Waals surface area contributed by atoms with E-state index in [-0.39, 0.29) is 5.70 Å². The van der Waals surface area contributed by atoms with Crippen LogP contribution < -0.4 is 9.47 Å². The van der Waals surface area contributed by atoms with Gasteiger partial charge < -0.3 is 14.2 Å². The fourth-order valence-electron chi connectivity index (χ4n) is 3.02. The monoisotopic (exact) mass is 359 g/mol. The number of benzene rings is 3. The van der Waals surface area contributed by atoms with Crippen molar-refractivity contribution in [2.45, 2.75) is 0 Å². The topological polar surface area (TPSA) is 57.1 Å². The van der Waals surface area contributed by atoms with E-state index in [2.05, 4.69) is 4.99 Å². The van der Waals surface area contributed by atoms with Gasteiger partial charge in [-0.3, -0.25) is 0 Å². The first-order chi connectivity index (χ1) is 13.2. The highest BCUT2D eigenvalue weighted by Crippen LogP contribution is 2.29. The van der Waals surface area contributed by atoms with Gasteiger partial charge >= 0.3 is 5.97 Å². The van der Waals surface area contributed by atoms with Crippen LogP contribution in [0.4, 0.5) is 0 Å². The van der Waals surface area contributed by atoms with Crippen LogP contribution >= 0.6 is 0 Å². The molecule has 0 unspecified atom stereocenters. The summed E-state index contributed by atoms with van der Waals surface area (Å²) in [6.45, 7) is 0. The number of methoxy groups -OCH3 is 2. The van der Waals surface area contributed by atoms with Crippen molar-refractivity contribution in [2.24, 2.45) is 4.99 Å². The molecule has 1 aliphatic rings. The molecule has 5 nitrogen and oxygen atoms in total. The molecule has 0 saturated carbocycles. The lowest BCUT2D eigenvalue weighted by atomic mass is 10.0. The second-order valence-electron chi connectivity index (χ2n) is 5.97. The molecule has 4 rings (SSSR count). The third-order valence-electron chi connectivity index (χ3n) is 4.37. The molecule has 0 bridgehead atoms. The van der Waals surface area contributed by atoms with E-state index < -0.39 is 5.97 Å². The van der Waals surface area contributed by atoms with E-state index >= 15 is 0 Å². The molecule has 3 aromatic carbocycles. The Labute approximate surface area is 156 Å². The highest BCUT2D eigenvalue weighted by molar-refractivity contribution is 6.17. The molecule has 3 aromatic rings. The summed E-state index contributed by atoms with van der Waals surface area (Å²) in [7, 11) is 3.15. The Bertz CT molecular complexity index is 1090. The molecule has 0 atom stereocenters. The molecule has 0 amide bonds. The molecule has 1 aliphatic heterocycles. The van der Waals surface area contributed by atoms with E-state index in [1.165, 1.54) is 0 Å². The minimum Gasteiger partial charge on any atom is -0.497 e. The average Bonchev–Trinajstić information content (AvgIpc) is 3.08. The molecule has 0 radical (unpaired) electrons. The highest BCUT2D eigenvalue weighted by Gasteiger charge is 2.25. The van der Waals surface area contributed by atoms with Gasteiger partial charge in [0.1, 0.15) is 11.5 Å². The number of rotatable bonds is 4. The number of nitrogens with zero attached hydrogens (tertiary/aromatic N) is 1. The Hall–Kier alpha value is -3.60. The fraction of sp³-hybridized carbons (Fsp3) is 0.0909. The van der Waals surface area contributed by atoms with Crippen molar-refractivity contribution < 1.29 is 19.0 Å². The molecule has 0 spiro atoms. The summed E-state index contributed by atoms with van der Waals surface area (Å²) in [6, 6.07) is 19.1. The number of aliphatic imine (C=N–C) groups is 1. The third-order valence-corrected chi connectivity index (χ3v) is 4.37. The van der Waals surface area contributed by atoms with Crippen LogP contribution in [0.3, 0.4) is 0 Å². The number of hydrogen-bond acceptors (Lipinski definition) is 5. The standard InChI is InChI=1S/C22H17NO4/c1-25-16-11-10-15(20(13-16)26-2)12-19-22(24)27-21(23-19)18-9-5-7-14-6-3-4-8-17(14)18/h3-13H,1-2H3/b19-12+. The van der Waals surface area contributed by atoms with Gasteiger partial charge in [-0.1, -0.05) is 36.4 Å². The van der Waals surface area contributed by atoms with Crippen molar-refractivity contribution in [1.29, 1.82) is 0 Å². The normalized spacial score (nSPS) is 15.0. The lowest BCUT2D eigenvalue weighted by Gasteiger charge is -2.07. The summed E-state index contributed by atoms with van der Waals surface area (Å²) in [5.41, 5.74) is 1.72. The van der Waals surface area contributed by atoms with Crippen LogP contribution in [0.15, 0.2) is 71.4 Å². The van der Waals surface area contributed by atoms with Gasteiger partial charge in [-0.15, -0.1) is 0 Å². The summed E-state index contributed by atoms with van der Waals surface area (Å²) in [4.78, 5) is 16.8. The quantitative estimate of drug-likeness (QED) is 0.517. The Morgan fingerprint density at radius 3 is 2.59 bits per heavy atom. The zero-order chi connectivity index (χ0) is 18.8. The van der Waals surface area contributed by atoms with Gasteiger partial charge in [-0.25, -0.2) is 9.79 Å². The third kappa shape index (κ3) is 3.15. The van der Waals surface area contributed by atoms with Crippen LogP contribution in [-0.2, 0) is 9.53 Å². The minimum atomic E-state index is -0.490. The second kappa shape index (κ2) is 6.96. The molecule has 0 N–H and O–H groups in total. The predicted molar refractivity (Wildman–Crippen MR) is 104 cm³/mol. The first kappa shape index (κ1) is 16.8. The zero-order valence-electron chi connectivity index (χ0n) is 14.9. The van der Waals surface area contributed by atoms with Gasteiger partial charge in [0.05, 0.1) is 14.2 Å². The van der Waals surface area contributed by atoms with Crippen LogP contribution in [0.1, 0.15) is 11.1 Å². The van der Waals surface area contributed by atoms with E-state index in [0.29, 0.717) is 23.0 Å². The maximum Gasteiger partial charge on any atom is 0.363 e. The Kier molecular flexibility index (Phi) is 4.34. The first-order valence-electron chi connectivity index (χ1n) is 8.42. The maximum atomic E-state index is 12.4. The number of hydrogen-bond donors (Lipinski definition) is 0. The van der Waals surface area contributed by atoms with Gasteiger partial charge in [-0.05, 0) is 35.0 Å². The molecule has 0 aromatic heterocycles. The van der Waals surface area contributed by atoms with Gasteiger partial charge in [0.25, 0.3) is 0 Å². The van der Waals surface area contributed by atoms with Crippen molar-refractivity contribution in [3.63, 3.8) is 0 Å². The number of esters is 1. The summed E-state index contributed by atoms with van der Waals surface area (Å²) >= 11 is 0. The molecule has 0 saturated heterocycles. The van der Waals surface area contributed by atoms with E-state index in [9.17, 15) is 4.79 Å². The molecule has 1 heterocycles. The van der Waals surface area contributed by atoms with Gasteiger partial charge in [0, 0.05) is 17.2 Å². The predicted octanol–water partition coefficient (Wildman–Crippen LogP) is 4.20. The van der Waals surface area contributed by atoms with Crippen LogP contribution in [0, 0.1) is 0 Å². The van der Waals surface area contributed by atoms with Crippen LogP contribution in [0.2, 0.25) is 0 Å². The van der Waals surface area contributed by atoms with Crippen LogP contribution in [-0.4, -0.2) is 26.1 Å². The van der Waals surface area contributed by atoms with Crippen molar-refractivity contribution in [1.82, 2.24) is 0 Å². The number of fused-ring (bicyclic) bond motifs is 1. The molecular weight excluding hydrogens is 342 g/mol. The van der Waals surface area contributed by atoms with Crippen molar-refractivity contribution in [2.75, 3.05) is 14.2 Å². The van der Waals surface area contributed by atoms with E-state index in [0.717, 1.165) is 16.3 Å². The average molecular weight is 359 g/mol. The maximum absolute atomic E-state index is 12.4. The summed E-state index contributed by atoms with van der Waals surface area (Å²) < 4.78 is 16.0. The SMILES string of the molecule is COc1ccc(/C=C2/N=C(c3cccc4ccccc34)OC2=O)c(OC)c1. The van der Waals surface area contributed by atoms with Crippen molar-refractivity contribution >= 4 is 28.7 Å². The molecule has 0 aliphatic carbocycles. The van der Waals surface area contributed by atoms with E-state index in [1.807, 2.05) is 48.5 Å². The van der Waals surface area contributed by atoms with Crippen LogP contribution in [0.5, 0.6) is 11.5 Å².